The highest BCUT2D eigenvalue weighted by molar-refractivity contribution is 6.32. The smallest absolute Gasteiger partial charge is 0.143 e. The van der Waals surface area contributed by atoms with Gasteiger partial charge in [0.05, 0.1) is 24.3 Å². The van der Waals surface area contributed by atoms with Crippen LogP contribution in [0.5, 0.6) is 5.75 Å². The van der Waals surface area contributed by atoms with Gasteiger partial charge in [-0.3, -0.25) is 0 Å². The van der Waals surface area contributed by atoms with E-state index >= 15 is 0 Å². The molecule has 1 atom stereocenters. The molecule has 0 aromatic heterocycles. The summed E-state index contributed by atoms with van der Waals surface area (Å²) in [6.45, 7) is 2.73. The van der Waals surface area contributed by atoms with E-state index in [0.29, 0.717) is 42.0 Å². The molecule has 19 heavy (non-hydrogen) atoms. The number of halogens is 2. The van der Waals surface area contributed by atoms with Gasteiger partial charge in [0.25, 0.3) is 0 Å². The van der Waals surface area contributed by atoms with E-state index < -0.39 is 0 Å². The average Bonchev–Trinajstić information content (AvgIpc) is 3.22. The fourth-order valence-electron chi connectivity index (χ4n) is 2.22. The minimum Gasteiger partial charge on any atom is -0.491 e. The first-order chi connectivity index (χ1) is 9.24. The number of hydrogen-bond acceptors (Lipinski definition) is 3. The summed E-state index contributed by atoms with van der Waals surface area (Å²) >= 11 is 6.12. The number of morpholine rings is 1. The summed E-state index contributed by atoms with van der Waals surface area (Å²) in [5.41, 5.74) is 0.706. The second kappa shape index (κ2) is 5.65. The van der Waals surface area contributed by atoms with Gasteiger partial charge in [-0.25, -0.2) is 4.39 Å². The van der Waals surface area contributed by atoms with Crippen molar-refractivity contribution < 1.29 is 13.9 Å². The monoisotopic (exact) mass is 285 g/mol. The van der Waals surface area contributed by atoms with Gasteiger partial charge < -0.3 is 14.8 Å². The van der Waals surface area contributed by atoms with Crippen LogP contribution in [0.25, 0.3) is 0 Å². The topological polar surface area (TPSA) is 30.5 Å². The van der Waals surface area contributed by atoms with Gasteiger partial charge in [-0.2, -0.15) is 0 Å². The van der Waals surface area contributed by atoms with Gasteiger partial charge in [-0.15, -0.1) is 0 Å². The summed E-state index contributed by atoms with van der Waals surface area (Å²) in [7, 11) is 0. The first-order valence-electron chi connectivity index (χ1n) is 6.68. The van der Waals surface area contributed by atoms with Gasteiger partial charge in [-0.1, -0.05) is 11.6 Å². The Labute approximate surface area is 117 Å². The Morgan fingerprint density at radius 1 is 1.42 bits per heavy atom. The van der Waals surface area contributed by atoms with Crippen LogP contribution in [-0.2, 0) is 4.74 Å². The molecule has 1 unspecified atom stereocenters. The van der Waals surface area contributed by atoms with Crippen molar-refractivity contribution in [3.8, 4) is 5.75 Å². The summed E-state index contributed by atoms with van der Waals surface area (Å²) < 4.78 is 25.0. The van der Waals surface area contributed by atoms with Crippen LogP contribution in [0.15, 0.2) is 12.1 Å². The lowest BCUT2D eigenvalue weighted by Crippen LogP contribution is -2.33. The second-order valence-corrected chi connectivity index (χ2v) is 5.53. The third-order valence-electron chi connectivity index (χ3n) is 3.47. The van der Waals surface area contributed by atoms with Crippen molar-refractivity contribution in [2.75, 3.05) is 26.3 Å². The minimum absolute atomic E-state index is 0.198. The number of hydrogen-bond donors (Lipinski definition) is 1. The van der Waals surface area contributed by atoms with Crippen LogP contribution in [0, 0.1) is 11.7 Å². The van der Waals surface area contributed by atoms with E-state index in [4.69, 9.17) is 21.1 Å². The molecule has 1 aromatic rings. The third-order valence-corrected chi connectivity index (χ3v) is 3.75. The van der Waals surface area contributed by atoms with Crippen LogP contribution >= 0.6 is 11.6 Å². The predicted octanol–water partition coefficient (Wildman–Crippen LogP) is 2.93. The van der Waals surface area contributed by atoms with Gasteiger partial charge in [-0.05, 0) is 30.9 Å². The first kappa shape index (κ1) is 13.2. The number of ether oxygens (including phenoxy) is 2. The van der Waals surface area contributed by atoms with E-state index in [0.717, 1.165) is 6.54 Å². The Morgan fingerprint density at radius 2 is 2.26 bits per heavy atom. The van der Waals surface area contributed by atoms with Gasteiger partial charge in [0, 0.05) is 18.7 Å². The Kier molecular flexibility index (Phi) is 3.91. The second-order valence-electron chi connectivity index (χ2n) is 5.12. The molecule has 1 aliphatic heterocycles. The van der Waals surface area contributed by atoms with Gasteiger partial charge in [0.2, 0.25) is 0 Å². The van der Waals surface area contributed by atoms with Crippen LogP contribution in [0.3, 0.4) is 0 Å². The summed E-state index contributed by atoms with van der Waals surface area (Å²) in [6, 6.07) is 2.76. The Morgan fingerprint density at radius 3 is 2.95 bits per heavy atom. The molecule has 2 fully saturated rings. The fourth-order valence-corrected chi connectivity index (χ4v) is 2.49. The lowest BCUT2D eigenvalue weighted by molar-refractivity contribution is 0.0256. The van der Waals surface area contributed by atoms with Gasteiger partial charge in [0.1, 0.15) is 11.6 Å². The zero-order valence-corrected chi connectivity index (χ0v) is 11.4. The van der Waals surface area contributed by atoms with Crippen LogP contribution in [-0.4, -0.2) is 26.3 Å². The van der Waals surface area contributed by atoms with Crippen molar-refractivity contribution >= 4 is 11.6 Å². The third kappa shape index (κ3) is 3.19. The highest BCUT2D eigenvalue weighted by atomic mass is 35.5. The number of benzene rings is 1. The van der Waals surface area contributed by atoms with Crippen molar-refractivity contribution in [3.05, 3.63) is 28.5 Å². The number of rotatable bonds is 4. The molecule has 0 spiro atoms. The van der Waals surface area contributed by atoms with Crippen molar-refractivity contribution in [1.29, 1.82) is 0 Å². The van der Waals surface area contributed by atoms with Crippen molar-refractivity contribution in [2.45, 2.75) is 18.9 Å². The highest BCUT2D eigenvalue weighted by Gasteiger charge is 2.26. The molecule has 1 aromatic carbocycles. The lowest BCUT2D eigenvalue weighted by Gasteiger charge is -2.26. The zero-order valence-electron chi connectivity index (χ0n) is 10.6. The molecule has 2 aliphatic rings. The summed E-state index contributed by atoms with van der Waals surface area (Å²) in [5, 5.41) is 3.55. The van der Waals surface area contributed by atoms with E-state index in [1.165, 1.54) is 25.0 Å². The van der Waals surface area contributed by atoms with E-state index in [2.05, 4.69) is 5.32 Å². The molecule has 1 aliphatic carbocycles. The van der Waals surface area contributed by atoms with Crippen LogP contribution < -0.4 is 10.1 Å². The lowest BCUT2D eigenvalue weighted by atomic mass is 10.1. The minimum atomic E-state index is -0.354. The van der Waals surface area contributed by atoms with E-state index in [-0.39, 0.29) is 11.9 Å². The van der Waals surface area contributed by atoms with Crippen LogP contribution in [0.4, 0.5) is 4.39 Å². The molecule has 3 nitrogen and oxygen atoms in total. The molecule has 1 saturated heterocycles. The quantitative estimate of drug-likeness (QED) is 0.923. The van der Waals surface area contributed by atoms with Crippen molar-refractivity contribution in [2.24, 2.45) is 5.92 Å². The Bertz CT molecular complexity index is 459. The molecule has 1 N–H and O–H groups in total. The molecule has 0 radical (unpaired) electrons. The Hall–Kier alpha value is -0.840. The summed E-state index contributed by atoms with van der Waals surface area (Å²) in [5.74, 6) is 0.844. The number of nitrogens with one attached hydrogen (secondary N) is 1. The summed E-state index contributed by atoms with van der Waals surface area (Å²) in [4.78, 5) is 0. The maximum absolute atomic E-state index is 13.6. The first-order valence-corrected chi connectivity index (χ1v) is 7.06. The maximum Gasteiger partial charge on any atom is 0.143 e. The molecular weight excluding hydrogens is 269 g/mol. The molecule has 3 rings (SSSR count). The van der Waals surface area contributed by atoms with Crippen molar-refractivity contribution in [1.82, 2.24) is 5.32 Å². The normalized spacial score (nSPS) is 23.4. The van der Waals surface area contributed by atoms with Gasteiger partial charge in [0.15, 0.2) is 0 Å². The largest absolute Gasteiger partial charge is 0.491 e. The molecule has 1 saturated carbocycles. The van der Waals surface area contributed by atoms with E-state index in [1.807, 2.05) is 0 Å². The molecular formula is C14H17ClFNO2. The fraction of sp³-hybridized carbons (Fsp3) is 0.571. The molecule has 1 heterocycles. The van der Waals surface area contributed by atoms with Crippen molar-refractivity contribution in [3.63, 3.8) is 0 Å². The Balaban J connectivity index is 1.85. The summed E-state index contributed by atoms with van der Waals surface area (Å²) in [6.07, 6.45) is 2.21. The van der Waals surface area contributed by atoms with Crippen LogP contribution in [0.2, 0.25) is 5.02 Å². The zero-order chi connectivity index (χ0) is 13.2. The highest BCUT2D eigenvalue weighted by Crippen LogP contribution is 2.38. The molecule has 5 heteroatoms. The maximum atomic E-state index is 13.6. The van der Waals surface area contributed by atoms with Crippen LogP contribution in [0.1, 0.15) is 24.5 Å². The SMILES string of the molecule is Fc1cc(Cl)c(OCC2CC2)c(C2CNCCO2)c1. The standard InChI is InChI=1S/C14H17ClFNO2/c15-12-6-10(16)5-11(13-7-17-3-4-18-13)14(12)19-8-9-1-2-9/h5-6,9,13,17H,1-4,7-8H2. The van der Waals surface area contributed by atoms with E-state index in [1.54, 1.807) is 0 Å². The average molecular weight is 286 g/mol. The van der Waals surface area contributed by atoms with E-state index in [9.17, 15) is 4.39 Å². The molecule has 0 bridgehead atoms. The van der Waals surface area contributed by atoms with Gasteiger partial charge >= 0.3 is 0 Å². The predicted molar refractivity (Wildman–Crippen MR) is 71.2 cm³/mol. The molecule has 104 valence electrons. The molecule has 0 amide bonds.